The number of benzene rings is 3. The fraction of sp³-hybridized carbons (Fsp3) is 0.242. The maximum atomic E-state index is 13.7. The van der Waals surface area contributed by atoms with Crippen LogP contribution < -0.4 is 24.3 Å². The average Bonchev–Trinajstić information content (AvgIpc) is 3.05. The van der Waals surface area contributed by atoms with Gasteiger partial charge in [-0.3, -0.25) is 9.59 Å². The minimum atomic E-state index is -0.919. The quantitative estimate of drug-likeness (QED) is 0.132. The number of halogens is 2. The van der Waals surface area contributed by atoms with E-state index in [-0.39, 0.29) is 22.9 Å². The van der Waals surface area contributed by atoms with Gasteiger partial charge in [0.15, 0.2) is 11.5 Å². The van der Waals surface area contributed by atoms with Crippen LogP contribution in [-0.4, -0.2) is 57.3 Å². The van der Waals surface area contributed by atoms with Crippen LogP contribution in [0.3, 0.4) is 0 Å². The van der Waals surface area contributed by atoms with E-state index in [1.165, 1.54) is 44.6 Å². The SMILES string of the molecule is COc1ccc(COCCOc2ccc(C(=O)NC(C)C(=O)c3ccc(OC)c(-c4ccc(F)c(Cl)c4)n3)cc2OC)cc1. The number of carbonyl (C=O) groups is 2. The van der Waals surface area contributed by atoms with Gasteiger partial charge in [-0.05, 0) is 73.2 Å². The predicted octanol–water partition coefficient (Wildman–Crippen LogP) is 6.16. The monoisotopic (exact) mass is 622 g/mol. The lowest BCUT2D eigenvalue weighted by Crippen LogP contribution is -2.38. The molecule has 0 aliphatic heterocycles. The number of pyridine rings is 1. The van der Waals surface area contributed by atoms with E-state index in [1.807, 2.05) is 24.3 Å². The van der Waals surface area contributed by atoms with Gasteiger partial charge in [0.2, 0.25) is 5.78 Å². The second-order valence-electron chi connectivity index (χ2n) is 9.55. The summed E-state index contributed by atoms with van der Waals surface area (Å²) in [6.07, 6.45) is 0. The van der Waals surface area contributed by atoms with Crippen LogP contribution >= 0.6 is 11.6 Å². The van der Waals surface area contributed by atoms with Gasteiger partial charge < -0.3 is 29.0 Å². The van der Waals surface area contributed by atoms with E-state index in [2.05, 4.69) is 10.3 Å². The summed E-state index contributed by atoms with van der Waals surface area (Å²) < 4.78 is 41.1. The Morgan fingerprint density at radius 3 is 2.27 bits per heavy atom. The number of aromatic nitrogens is 1. The van der Waals surface area contributed by atoms with E-state index in [0.29, 0.717) is 41.7 Å². The van der Waals surface area contributed by atoms with Gasteiger partial charge in [-0.25, -0.2) is 9.37 Å². The molecule has 3 aromatic carbocycles. The third kappa shape index (κ3) is 8.03. The van der Waals surface area contributed by atoms with Crippen molar-refractivity contribution in [2.45, 2.75) is 19.6 Å². The van der Waals surface area contributed by atoms with Crippen molar-refractivity contribution >= 4 is 23.3 Å². The molecule has 0 spiro atoms. The molecule has 1 atom stereocenters. The molecule has 1 aromatic heterocycles. The van der Waals surface area contributed by atoms with Crippen molar-refractivity contribution in [3.05, 3.63) is 100 Å². The summed E-state index contributed by atoms with van der Waals surface area (Å²) in [6, 6.07) is 18.6. The molecule has 0 bridgehead atoms. The normalized spacial score (nSPS) is 11.4. The molecule has 0 saturated heterocycles. The molecule has 4 rings (SSSR count). The van der Waals surface area contributed by atoms with Crippen LogP contribution in [-0.2, 0) is 11.3 Å². The number of hydrogen-bond donors (Lipinski definition) is 1. The van der Waals surface area contributed by atoms with Crippen LogP contribution in [0.5, 0.6) is 23.0 Å². The summed E-state index contributed by atoms with van der Waals surface area (Å²) in [5.41, 5.74) is 2.15. The minimum Gasteiger partial charge on any atom is -0.497 e. The number of ketones is 1. The molecule has 44 heavy (non-hydrogen) atoms. The Kier molecular flexibility index (Phi) is 11.1. The molecular formula is C33H32ClFN2O7. The van der Waals surface area contributed by atoms with Crippen LogP contribution in [0.1, 0.15) is 33.3 Å². The second kappa shape index (κ2) is 15.2. The maximum absolute atomic E-state index is 13.7. The van der Waals surface area contributed by atoms with Crippen LogP contribution in [0.4, 0.5) is 4.39 Å². The summed E-state index contributed by atoms with van der Waals surface area (Å²) in [5.74, 6) is 0.445. The van der Waals surface area contributed by atoms with Crippen molar-refractivity contribution in [3.63, 3.8) is 0 Å². The number of ether oxygens (including phenoxy) is 5. The first-order valence-electron chi connectivity index (χ1n) is 13.6. The van der Waals surface area contributed by atoms with Crippen molar-refractivity contribution in [3.8, 4) is 34.3 Å². The average molecular weight is 623 g/mol. The lowest BCUT2D eigenvalue weighted by Gasteiger charge is -2.16. The molecule has 0 aliphatic rings. The van der Waals surface area contributed by atoms with E-state index in [0.717, 1.165) is 11.3 Å². The molecule has 4 aromatic rings. The smallest absolute Gasteiger partial charge is 0.252 e. The number of Topliss-reactive ketones (excluding diaryl/α,β-unsaturated/α-hetero) is 1. The molecule has 0 saturated carbocycles. The Balaban J connectivity index is 1.35. The molecular weight excluding hydrogens is 591 g/mol. The molecule has 0 radical (unpaired) electrons. The van der Waals surface area contributed by atoms with Crippen molar-refractivity contribution < 1.29 is 37.7 Å². The summed E-state index contributed by atoms with van der Waals surface area (Å²) in [5, 5.41) is 2.61. The molecule has 0 fully saturated rings. The molecule has 0 aliphatic carbocycles. The standard InChI is InChI=1S/C33H32ClFN2O7/c1-20(32(38)27-12-14-29(41-3)31(37-27)22-7-11-26(35)25(34)17-22)36-33(39)23-8-13-28(30(18-23)42-4)44-16-15-43-19-21-5-9-24(40-2)10-6-21/h5-14,17-18,20H,15-16,19H2,1-4H3,(H,36,39). The Labute approximate surface area is 259 Å². The molecule has 9 nitrogen and oxygen atoms in total. The second-order valence-corrected chi connectivity index (χ2v) is 9.96. The maximum Gasteiger partial charge on any atom is 0.252 e. The third-order valence-corrected chi connectivity index (χ3v) is 6.89. The van der Waals surface area contributed by atoms with Crippen LogP contribution in [0.2, 0.25) is 5.02 Å². The highest BCUT2D eigenvalue weighted by atomic mass is 35.5. The number of hydrogen-bond acceptors (Lipinski definition) is 8. The highest BCUT2D eigenvalue weighted by Crippen LogP contribution is 2.31. The fourth-order valence-corrected chi connectivity index (χ4v) is 4.40. The van der Waals surface area contributed by atoms with Crippen molar-refractivity contribution in [1.29, 1.82) is 0 Å². The van der Waals surface area contributed by atoms with Gasteiger partial charge >= 0.3 is 0 Å². The highest BCUT2D eigenvalue weighted by molar-refractivity contribution is 6.31. The fourth-order valence-electron chi connectivity index (χ4n) is 4.22. The van der Waals surface area contributed by atoms with Gasteiger partial charge in [0, 0.05) is 11.1 Å². The molecule has 230 valence electrons. The predicted molar refractivity (Wildman–Crippen MR) is 164 cm³/mol. The summed E-state index contributed by atoms with van der Waals surface area (Å²) >= 11 is 5.94. The lowest BCUT2D eigenvalue weighted by molar-refractivity contribution is 0.0861. The first-order chi connectivity index (χ1) is 21.2. The topological polar surface area (TPSA) is 105 Å². The zero-order valence-corrected chi connectivity index (χ0v) is 25.4. The van der Waals surface area contributed by atoms with Gasteiger partial charge in [0.05, 0.1) is 45.6 Å². The number of rotatable bonds is 14. The van der Waals surface area contributed by atoms with E-state index >= 15 is 0 Å². The Bertz CT molecular complexity index is 1610. The van der Waals surface area contributed by atoms with Gasteiger partial charge in [0.25, 0.3) is 5.91 Å². The Morgan fingerprint density at radius 2 is 1.59 bits per heavy atom. The Morgan fingerprint density at radius 1 is 0.864 bits per heavy atom. The van der Waals surface area contributed by atoms with Gasteiger partial charge in [-0.1, -0.05) is 23.7 Å². The lowest BCUT2D eigenvalue weighted by atomic mass is 10.1. The zero-order valence-electron chi connectivity index (χ0n) is 24.7. The van der Waals surface area contributed by atoms with Crippen molar-refractivity contribution in [2.24, 2.45) is 0 Å². The summed E-state index contributed by atoms with van der Waals surface area (Å²) in [6.45, 7) is 2.59. The van der Waals surface area contributed by atoms with Crippen LogP contribution in [0.15, 0.2) is 72.8 Å². The number of nitrogens with zero attached hydrogens (tertiary/aromatic N) is 1. The number of amides is 1. The molecule has 1 heterocycles. The van der Waals surface area contributed by atoms with E-state index < -0.39 is 23.5 Å². The van der Waals surface area contributed by atoms with Gasteiger partial charge in [-0.15, -0.1) is 0 Å². The first kappa shape index (κ1) is 32.2. The number of methoxy groups -OCH3 is 3. The molecule has 11 heteroatoms. The van der Waals surface area contributed by atoms with E-state index in [4.69, 9.17) is 35.3 Å². The highest BCUT2D eigenvalue weighted by Gasteiger charge is 2.22. The number of carbonyl (C=O) groups excluding carboxylic acids is 2. The third-order valence-electron chi connectivity index (χ3n) is 6.60. The Hall–Kier alpha value is -4.67. The van der Waals surface area contributed by atoms with Gasteiger partial charge in [0.1, 0.15) is 35.3 Å². The van der Waals surface area contributed by atoms with Crippen LogP contribution in [0, 0.1) is 5.82 Å². The first-order valence-corrected chi connectivity index (χ1v) is 14.0. The summed E-state index contributed by atoms with van der Waals surface area (Å²) in [4.78, 5) is 30.7. The molecule has 1 unspecified atom stereocenters. The molecule has 1 amide bonds. The largest absolute Gasteiger partial charge is 0.497 e. The number of nitrogens with one attached hydrogen (secondary N) is 1. The van der Waals surface area contributed by atoms with Crippen LogP contribution in [0.25, 0.3) is 11.3 Å². The minimum absolute atomic E-state index is 0.0876. The van der Waals surface area contributed by atoms with E-state index in [1.54, 1.807) is 32.2 Å². The summed E-state index contributed by atoms with van der Waals surface area (Å²) in [7, 11) is 4.54. The zero-order chi connectivity index (χ0) is 31.6. The van der Waals surface area contributed by atoms with Gasteiger partial charge in [-0.2, -0.15) is 0 Å². The van der Waals surface area contributed by atoms with E-state index in [9.17, 15) is 14.0 Å². The van der Waals surface area contributed by atoms with Crippen molar-refractivity contribution in [1.82, 2.24) is 10.3 Å². The molecule has 1 N–H and O–H groups in total. The van der Waals surface area contributed by atoms with Crippen molar-refractivity contribution in [2.75, 3.05) is 34.5 Å².